The van der Waals surface area contributed by atoms with Crippen molar-refractivity contribution in [3.05, 3.63) is 23.8 Å². The standard InChI is InChI=1S/C13H16N2O4/c14-10(7-1-2-7)6-12(17)15-8-3-4-11(16)9(5-8)13(18)19/h3-5,7,10,16H,1-2,6,14H2,(H,15,17)(H,18,19). The van der Waals surface area contributed by atoms with Crippen LogP contribution in [0.15, 0.2) is 18.2 Å². The molecule has 0 heterocycles. The predicted molar refractivity (Wildman–Crippen MR) is 69.0 cm³/mol. The molecule has 102 valence electrons. The van der Waals surface area contributed by atoms with E-state index in [1.54, 1.807) is 0 Å². The number of rotatable bonds is 5. The summed E-state index contributed by atoms with van der Waals surface area (Å²) in [6.07, 6.45) is 2.35. The average Bonchev–Trinajstić information content (AvgIpc) is 3.15. The number of anilines is 1. The molecule has 0 bridgehead atoms. The Morgan fingerprint density at radius 2 is 2.11 bits per heavy atom. The van der Waals surface area contributed by atoms with Gasteiger partial charge in [-0.15, -0.1) is 0 Å². The van der Waals surface area contributed by atoms with Crippen LogP contribution in [0.2, 0.25) is 0 Å². The van der Waals surface area contributed by atoms with Crippen LogP contribution in [0.1, 0.15) is 29.6 Å². The van der Waals surface area contributed by atoms with Gasteiger partial charge in [-0.3, -0.25) is 4.79 Å². The highest BCUT2D eigenvalue weighted by Crippen LogP contribution is 2.33. The van der Waals surface area contributed by atoms with Gasteiger partial charge in [0.2, 0.25) is 5.91 Å². The van der Waals surface area contributed by atoms with Crippen LogP contribution in [-0.4, -0.2) is 28.1 Å². The number of benzene rings is 1. The Balaban J connectivity index is 2.00. The number of carboxylic acids is 1. The largest absolute Gasteiger partial charge is 0.507 e. The molecule has 0 saturated heterocycles. The molecule has 1 saturated carbocycles. The fourth-order valence-corrected chi connectivity index (χ4v) is 1.90. The van der Waals surface area contributed by atoms with Crippen LogP contribution in [0.3, 0.4) is 0 Å². The van der Waals surface area contributed by atoms with Gasteiger partial charge in [-0.25, -0.2) is 4.79 Å². The van der Waals surface area contributed by atoms with Gasteiger partial charge in [0.25, 0.3) is 0 Å². The number of carbonyl (C=O) groups is 2. The molecule has 1 aliphatic carbocycles. The molecule has 1 atom stereocenters. The summed E-state index contributed by atoms with van der Waals surface area (Å²) in [5, 5.41) is 20.8. The lowest BCUT2D eigenvalue weighted by atomic mass is 10.1. The molecule has 1 aromatic rings. The minimum atomic E-state index is -1.25. The van der Waals surface area contributed by atoms with E-state index in [1.165, 1.54) is 18.2 Å². The first-order valence-electron chi connectivity index (χ1n) is 6.09. The smallest absolute Gasteiger partial charge is 0.339 e. The van der Waals surface area contributed by atoms with Crippen LogP contribution >= 0.6 is 0 Å². The second kappa shape index (κ2) is 5.27. The first-order chi connectivity index (χ1) is 8.97. The Morgan fingerprint density at radius 3 is 2.68 bits per heavy atom. The highest BCUT2D eigenvalue weighted by atomic mass is 16.4. The Hall–Kier alpha value is -2.08. The van der Waals surface area contributed by atoms with Crippen molar-refractivity contribution >= 4 is 17.6 Å². The van der Waals surface area contributed by atoms with E-state index in [9.17, 15) is 14.7 Å². The van der Waals surface area contributed by atoms with Crippen molar-refractivity contribution in [1.82, 2.24) is 0 Å². The maximum Gasteiger partial charge on any atom is 0.339 e. The monoisotopic (exact) mass is 264 g/mol. The first kappa shape index (κ1) is 13.4. The molecule has 0 aliphatic heterocycles. The number of nitrogens with one attached hydrogen (secondary N) is 1. The van der Waals surface area contributed by atoms with Crippen LogP contribution in [0.4, 0.5) is 5.69 Å². The van der Waals surface area contributed by atoms with Crippen molar-refractivity contribution < 1.29 is 19.8 Å². The van der Waals surface area contributed by atoms with E-state index in [1.807, 2.05) is 0 Å². The van der Waals surface area contributed by atoms with Crippen molar-refractivity contribution in [2.45, 2.75) is 25.3 Å². The molecule has 1 amide bonds. The molecule has 2 rings (SSSR count). The van der Waals surface area contributed by atoms with Crippen molar-refractivity contribution in [3.63, 3.8) is 0 Å². The Morgan fingerprint density at radius 1 is 1.42 bits per heavy atom. The molecule has 1 aromatic carbocycles. The van der Waals surface area contributed by atoms with Gasteiger partial charge in [0.1, 0.15) is 11.3 Å². The number of hydrogen-bond acceptors (Lipinski definition) is 4. The lowest BCUT2D eigenvalue weighted by Gasteiger charge is -2.11. The second-order valence-electron chi connectivity index (χ2n) is 4.79. The number of aromatic hydroxyl groups is 1. The third-order valence-corrected chi connectivity index (χ3v) is 3.16. The highest BCUT2D eigenvalue weighted by Gasteiger charge is 2.29. The van der Waals surface area contributed by atoms with E-state index in [0.29, 0.717) is 11.6 Å². The van der Waals surface area contributed by atoms with Crippen LogP contribution in [0.25, 0.3) is 0 Å². The highest BCUT2D eigenvalue weighted by molar-refractivity contribution is 5.95. The fraction of sp³-hybridized carbons (Fsp3) is 0.385. The summed E-state index contributed by atoms with van der Waals surface area (Å²) in [5.41, 5.74) is 5.93. The Kier molecular flexibility index (Phi) is 3.71. The molecule has 0 aromatic heterocycles. The van der Waals surface area contributed by atoms with Crippen LogP contribution in [0.5, 0.6) is 5.75 Å². The van der Waals surface area contributed by atoms with Gasteiger partial charge in [0, 0.05) is 18.2 Å². The van der Waals surface area contributed by atoms with Crippen molar-refractivity contribution in [2.75, 3.05) is 5.32 Å². The van der Waals surface area contributed by atoms with Crippen LogP contribution < -0.4 is 11.1 Å². The summed E-state index contributed by atoms with van der Waals surface area (Å²) < 4.78 is 0. The lowest BCUT2D eigenvalue weighted by molar-refractivity contribution is -0.116. The maximum atomic E-state index is 11.7. The van der Waals surface area contributed by atoms with Crippen molar-refractivity contribution in [3.8, 4) is 5.75 Å². The molecule has 0 radical (unpaired) electrons. The van der Waals surface area contributed by atoms with E-state index in [4.69, 9.17) is 10.8 Å². The topological polar surface area (TPSA) is 113 Å². The zero-order valence-corrected chi connectivity index (χ0v) is 10.3. The minimum Gasteiger partial charge on any atom is -0.507 e. The Labute approximate surface area is 110 Å². The predicted octanol–water partition coefficient (Wildman–Crippen LogP) is 1.16. The van der Waals surface area contributed by atoms with Gasteiger partial charge < -0.3 is 21.3 Å². The summed E-state index contributed by atoms with van der Waals surface area (Å²) in [5.74, 6) is -1.40. The summed E-state index contributed by atoms with van der Waals surface area (Å²) in [6, 6.07) is 3.76. The average molecular weight is 264 g/mol. The lowest BCUT2D eigenvalue weighted by Crippen LogP contribution is -2.28. The van der Waals surface area contributed by atoms with Gasteiger partial charge in [-0.1, -0.05) is 0 Å². The van der Waals surface area contributed by atoms with Gasteiger partial charge in [0.15, 0.2) is 0 Å². The SMILES string of the molecule is NC(CC(=O)Nc1ccc(O)c(C(=O)O)c1)C1CC1. The number of amides is 1. The zero-order valence-electron chi connectivity index (χ0n) is 10.3. The number of carbonyl (C=O) groups excluding carboxylic acids is 1. The molecular weight excluding hydrogens is 248 g/mol. The van der Waals surface area contributed by atoms with Gasteiger partial charge >= 0.3 is 5.97 Å². The van der Waals surface area contributed by atoms with Crippen molar-refractivity contribution in [2.24, 2.45) is 11.7 Å². The molecule has 19 heavy (non-hydrogen) atoms. The van der Waals surface area contributed by atoms with Crippen molar-refractivity contribution in [1.29, 1.82) is 0 Å². The van der Waals surface area contributed by atoms with E-state index < -0.39 is 5.97 Å². The second-order valence-corrected chi connectivity index (χ2v) is 4.79. The number of phenols is 1. The minimum absolute atomic E-state index is 0.143. The quantitative estimate of drug-likeness (QED) is 0.596. The normalized spacial score (nSPS) is 15.8. The Bertz CT molecular complexity index is 511. The molecule has 1 aliphatic rings. The van der Waals surface area contributed by atoms with E-state index in [0.717, 1.165) is 12.8 Å². The van der Waals surface area contributed by atoms with Gasteiger partial charge in [0.05, 0.1) is 0 Å². The summed E-state index contributed by atoms with van der Waals surface area (Å²) in [6.45, 7) is 0. The van der Waals surface area contributed by atoms with Gasteiger partial charge in [-0.2, -0.15) is 0 Å². The molecule has 5 N–H and O–H groups in total. The molecule has 6 heteroatoms. The number of hydrogen-bond donors (Lipinski definition) is 4. The maximum absolute atomic E-state index is 11.7. The fourth-order valence-electron chi connectivity index (χ4n) is 1.90. The van der Waals surface area contributed by atoms with Gasteiger partial charge in [-0.05, 0) is 37.0 Å². The van der Waals surface area contributed by atoms with E-state index in [-0.39, 0.29) is 29.7 Å². The van der Waals surface area contributed by atoms with E-state index >= 15 is 0 Å². The number of nitrogens with two attached hydrogens (primary N) is 1. The molecule has 6 nitrogen and oxygen atoms in total. The molecular formula is C13H16N2O4. The van der Waals surface area contributed by atoms with Crippen LogP contribution in [0, 0.1) is 5.92 Å². The third-order valence-electron chi connectivity index (χ3n) is 3.16. The zero-order chi connectivity index (χ0) is 14.0. The molecule has 1 unspecified atom stereocenters. The van der Waals surface area contributed by atoms with E-state index in [2.05, 4.69) is 5.32 Å². The third kappa shape index (κ3) is 3.45. The first-order valence-corrected chi connectivity index (χ1v) is 6.09. The summed E-state index contributed by atoms with van der Waals surface area (Å²) >= 11 is 0. The molecule has 0 spiro atoms. The summed E-state index contributed by atoms with van der Waals surface area (Å²) in [4.78, 5) is 22.6. The van der Waals surface area contributed by atoms with Crippen LogP contribution in [-0.2, 0) is 4.79 Å². The number of carboxylic acid groups (broad SMARTS) is 1. The number of aromatic carboxylic acids is 1. The summed E-state index contributed by atoms with van der Waals surface area (Å²) in [7, 11) is 0. The molecule has 1 fully saturated rings.